The second kappa shape index (κ2) is 6.70. The van der Waals surface area contributed by atoms with Crippen molar-refractivity contribution in [3.63, 3.8) is 0 Å². The van der Waals surface area contributed by atoms with Crippen molar-refractivity contribution >= 4 is 11.9 Å². The van der Waals surface area contributed by atoms with E-state index in [9.17, 15) is 19.1 Å². The molecule has 0 heterocycles. The van der Waals surface area contributed by atoms with Crippen molar-refractivity contribution < 1.29 is 19.1 Å². The van der Waals surface area contributed by atoms with Gasteiger partial charge in [-0.3, -0.25) is 9.59 Å². The summed E-state index contributed by atoms with van der Waals surface area (Å²) < 4.78 is 13.2. The Bertz CT molecular complexity index is 530. The topological polar surface area (TPSA) is 66.4 Å². The Balaban J connectivity index is 2.75. The van der Waals surface area contributed by atoms with Crippen LogP contribution in [0.25, 0.3) is 0 Å². The molecule has 116 valence electrons. The Morgan fingerprint density at radius 2 is 1.95 bits per heavy atom. The zero-order valence-corrected chi connectivity index (χ0v) is 12.8. The van der Waals surface area contributed by atoms with Gasteiger partial charge in [-0.25, -0.2) is 4.39 Å². The van der Waals surface area contributed by atoms with Crippen LogP contribution in [0.2, 0.25) is 0 Å². The highest BCUT2D eigenvalue weighted by atomic mass is 19.1. The third-order valence-electron chi connectivity index (χ3n) is 4.02. The van der Waals surface area contributed by atoms with Gasteiger partial charge in [0, 0.05) is 6.42 Å². The molecular formula is C16H22FNO3. The first-order valence-electron chi connectivity index (χ1n) is 6.95. The van der Waals surface area contributed by atoms with Gasteiger partial charge in [-0.2, -0.15) is 0 Å². The quantitative estimate of drug-likeness (QED) is 0.847. The summed E-state index contributed by atoms with van der Waals surface area (Å²) in [5.74, 6) is -1.90. The van der Waals surface area contributed by atoms with Gasteiger partial charge in [0.2, 0.25) is 5.91 Å². The molecule has 0 saturated carbocycles. The van der Waals surface area contributed by atoms with Crippen LogP contribution in [0, 0.1) is 17.2 Å². The molecule has 1 aromatic carbocycles. The minimum Gasteiger partial charge on any atom is -0.481 e. The number of carboxylic acids is 1. The molecule has 0 bridgehead atoms. The number of nitrogens with one attached hydrogen (secondary N) is 1. The number of carboxylic acid groups (broad SMARTS) is 1. The molecule has 4 nitrogen and oxygen atoms in total. The average molecular weight is 295 g/mol. The molecule has 0 spiro atoms. The SMILES string of the molecule is CC(NC(=O)CC(C)(C(=O)O)C(C)C)c1cccc(F)c1. The number of halogens is 1. The summed E-state index contributed by atoms with van der Waals surface area (Å²) >= 11 is 0. The number of hydrogen-bond acceptors (Lipinski definition) is 2. The Kier molecular flexibility index (Phi) is 5.47. The van der Waals surface area contributed by atoms with Gasteiger partial charge in [0.05, 0.1) is 11.5 Å². The molecule has 21 heavy (non-hydrogen) atoms. The zero-order valence-electron chi connectivity index (χ0n) is 12.8. The fourth-order valence-corrected chi connectivity index (χ4v) is 2.01. The first kappa shape index (κ1) is 17.1. The molecule has 0 radical (unpaired) electrons. The summed E-state index contributed by atoms with van der Waals surface area (Å²) in [7, 11) is 0. The smallest absolute Gasteiger partial charge is 0.310 e. The maximum atomic E-state index is 13.2. The van der Waals surface area contributed by atoms with E-state index in [2.05, 4.69) is 5.32 Å². The molecule has 1 aromatic rings. The van der Waals surface area contributed by atoms with Crippen LogP contribution < -0.4 is 5.32 Å². The van der Waals surface area contributed by atoms with E-state index in [4.69, 9.17) is 0 Å². The van der Waals surface area contributed by atoms with E-state index in [1.807, 2.05) is 0 Å². The third-order valence-corrected chi connectivity index (χ3v) is 4.02. The summed E-state index contributed by atoms with van der Waals surface area (Å²) in [4.78, 5) is 23.4. The van der Waals surface area contributed by atoms with Crippen LogP contribution in [0.3, 0.4) is 0 Å². The van der Waals surface area contributed by atoms with Crippen molar-refractivity contribution in [2.45, 2.75) is 40.2 Å². The average Bonchev–Trinajstić information content (AvgIpc) is 2.37. The molecule has 5 heteroatoms. The number of amides is 1. The summed E-state index contributed by atoms with van der Waals surface area (Å²) in [6, 6.07) is 5.59. The van der Waals surface area contributed by atoms with Gasteiger partial charge in [0.25, 0.3) is 0 Å². The van der Waals surface area contributed by atoms with Gasteiger partial charge in [0.15, 0.2) is 0 Å². The number of benzene rings is 1. The third kappa shape index (κ3) is 4.28. The van der Waals surface area contributed by atoms with Crippen LogP contribution in [0.1, 0.15) is 45.7 Å². The van der Waals surface area contributed by atoms with Gasteiger partial charge < -0.3 is 10.4 Å². The van der Waals surface area contributed by atoms with Crippen LogP contribution in [-0.2, 0) is 9.59 Å². The molecular weight excluding hydrogens is 273 g/mol. The van der Waals surface area contributed by atoms with Crippen molar-refractivity contribution in [2.75, 3.05) is 0 Å². The summed E-state index contributed by atoms with van der Waals surface area (Å²) in [5, 5.41) is 12.0. The van der Waals surface area contributed by atoms with Crippen molar-refractivity contribution in [3.05, 3.63) is 35.6 Å². The maximum absolute atomic E-state index is 13.2. The van der Waals surface area contributed by atoms with Gasteiger partial charge >= 0.3 is 5.97 Å². The Labute approximate surface area is 124 Å². The standard InChI is InChI=1S/C16H22FNO3/c1-10(2)16(4,15(20)21)9-14(19)18-11(3)12-6-5-7-13(17)8-12/h5-8,10-11H,9H2,1-4H3,(H,18,19)(H,20,21). The number of carbonyl (C=O) groups excluding carboxylic acids is 1. The van der Waals surface area contributed by atoms with E-state index in [1.54, 1.807) is 39.8 Å². The van der Waals surface area contributed by atoms with E-state index < -0.39 is 11.4 Å². The molecule has 0 saturated heterocycles. The normalized spacial score (nSPS) is 15.3. The fraction of sp³-hybridized carbons (Fsp3) is 0.500. The van der Waals surface area contributed by atoms with Crippen LogP contribution in [0.4, 0.5) is 4.39 Å². The van der Waals surface area contributed by atoms with E-state index in [0.29, 0.717) is 5.56 Å². The summed E-state index contributed by atoms with van der Waals surface area (Å²) in [5.41, 5.74) is -0.476. The van der Waals surface area contributed by atoms with Crippen molar-refractivity contribution in [3.8, 4) is 0 Å². The molecule has 0 aromatic heterocycles. The summed E-state index contributed by atoms with van der Waals surface area (Å²) in [6.07, 6.45) is -0.111. The maximum Gasteiger partial charge on any atom is 0.310 e. The van der Waals surface area contributed by atoms with E-state index in [-0.39, 0.29) is 30.1 Å². The molecule has 1 amide bonds. The lowest BCUT2D eigenvalue weighted by molar-refractivity contribution is -0.153. The van der Waals surface area contributed by atoms with Crippen LogP contribution in [-0.4, -0.2) is 17.0 Å². The molecule has 2 atom stereocenters. The first-order chi connectivity index (χ1) is 9.66. The Morgan fingerprint density at radius 1 is 1.33 bits per heavy atom. The Hall–Kier alpha value is -1.91. The number of aliphatic carboxylic acids is 1. The largest absolute Gasteiger partial charge is 0.481 e. The Morgan fingerprint density at radius 3 is 2.43 bits per heavy atom. The van der Waals surface area contributed by atoms with Crippen LogP contribution in [0.15, 0.2) is 24.3 Å². The number of rotatable bonds is 6. The van der Waals surface area contributed by atoms with Gasteiger partial charge in [-0.05, 0) is 37.5 Å². The highest BCUT2D eigenvalue weighted by Crippen LogP contribution is 2.31. The van der Waals surface area contributed by atoms with Crippen LogP contribution >= 0.6 is 0 Å². The molecule has 0 fully saturated rings. The molecule has 0 aliphatic carbocycles. The fourth-order valence-electron chi connectivity index (χ4n) is 2.01. The molecule has 1 rings (SSSR count). The lowest BCUT2D eigenvalue weighted by atomic mass is 9.76. The van der Waals surface area contributed by atoms with E-state index >= 15 is 0 Å². The highest BCUT2D eigenvalue weighted by Gasteiger charge is 2.38. The molecule has 0 aliphatic rings. The highest BCUT2D eigenvalue weighted by molar-refractivity contribution is 5.85. The predicted molar refractivity (Wildman–Crippen MR) is 78.2 cm³/mol. The number of hydrogen-bond donors (Lipinski definition) is 2. The monoisotopic (exact) mass is 295 g/mol. The van der Waals surface area contributed by atoms with Crippen molar-refractivity contribution in [1.82, 2.24) is 5.32 Å². The second-order valence-corrected chi connectivity index (χ2v) is 5.90. The van der Waals surface area contributed by atoms with E-state index in [0.717, 1.165) is 0 Å². The van der Waals surface area contributed by atoms with E-state index in [1.165, 1.54) is 12.1 Å². The summed E-state index contributed by atoms with van der Waals surface area (Å²) in [6.45, 7) is 6.85. The van der Waals surface area contributed by atoms with Crippen molar-refractivity contribution in [1.29, 1.82) is 0 Å². The predicted octanol–water partition coefficient (Wildman–Crippen LogP) is 3.14. The molecule has 2 N–H and O–H groups in total. The first-order valence-corrected chi connectivity index (χ1v) is 6.95. The van der Waals surface area contributed by atoms with Gasteiger partial charge in [-0.15, -0.1) is 0 Å². The number of carbonyl (C=O) groups is 2. The minimum atomic E-state index is -1.12. The van der Waals surface area contributed by atoms with Gasteiger partial charge in [0.1, 0.15) is 5.82 Å². The molecule has 2 unspecified atom stereocenters. The van der Waals surface area contributed by atoms with Gasteiger partial charge in [-0.1, -0.05) is 26.0 Å². The van der Waals surface area contributed by atoms with Crippen molar-refractivity contribution in [2.24, 2.45) is 11.3 Å². The lowest BCUT2D eigenvalue weighted by Gasteiger charge is -2.29. The minimum absolute atomic E-state index is 0.111. The van der Waals surface area contributed by atoms with Crippen LogP contribution in [0.5, 0.6) is 0 Å². The second-order valence-electron chi connectivity index (χ2n) is 5.90. The zero-order chi connectivity index (χ0) is 16.2. The lowest BCUT2D eigenvalue weighted by Crippen LogP contribution is -2.39. The molecule has 0 aliphatic heterocycles.